The van der Waals surface area contributed by atoms with Gasteiger partial charge in [0.2, 0.25) is 0 Å². The lowest BCUT2D eigenvalue weighted by Gasteiger charge is -2.05. The lowest BCUT2D eigenvalue weighted by molar-refractivity contribution is 0.102. The van der Waals surface area contributed by atoms with Gasteiger partial charge in [-0.2, -0.15) is 10.2 Å². The summed E-state index contributed by atoms with van der Waals surface area (Å²) in [5.74, 6) is 0.229. The maximum absolute atomic E-state index is 12.3. The highest BCUT2D eigenvalue weighted by atomic mass is 35.5. The monoisotopic (exact) mass is 348 g/mol. The summed E-state index contributed by atoms with van der Waals surface area (Å²) in [6, 6.07) is 1.64. The Balaban J connectivity index is 1.75. The van der Waals surface area contributed by atoms with E-state index in [2.05, 4.69) is 20.7 Å². The molecule has 126 valence electrons. The third-order valence-electron chi connectivity index (χ3n) is 3.72. The number of carbonyl (C=O) groups excluding carboxylic acids is 1. The predicted molar refractivity (Wildman–Crippen MR) is 88.3 cm³/mol. The van der Waals surface area contributed by atoms with Gasteiger partial charge in [0.1, 0.15) is 18.1 Å². The second-order valence-corrected chi connectivity index (χ2v) is 5.90. The lowest BCUT2D eigenvalue weighted by Crippen LogP contribution is -2.16. The number of aryl methyl sites for hydroxylation is 3. The van der Waals surface area contributed by atoms with Gasteiger partial charge in [0, 0.05) is 6.20 Å². The van der Waals surface area contributed by atoms with Crippen LogP contribution in [0.15, 0.2) is 16.8 Å². The van der Waals surface area contributed by atoms with Crippen LogP contribution in [0.5, 0.6) is 0 Å². The molecule has 3 rings (SSSR count). The SMILES string of the molecule is Cc1nn(Cn2ccc(C(=O)Nc3c(C)noc3C)n2)c(C)c1Cl. The van der Waals surface area contributed by atoms with E-state index in [1.165, 1.54) is 0 Å². The number of nitrogens with one attached hydrogen (secondary N) is 1. The van der Waals surface area contributed by atoms with Crippen molar-refractivity contribution in [1.82, 2.24) is 24.7 Å². The highest BCUT2D eigenvalue weighted by molar-refractivity contribution is 6.31. The number of aromatic nitrogens is 5. The van der Waals surface area contributed by atoms with E-state index in [0.717, 1.165) is 11.4 Å². The molecule has 0 aliphatic carbocycles. The largest absolute Gasteiger partial charge is 0.359 e. The molecule has 0 saturated heterocycles. The second kappa shape index (κ2) is 6.12. The molecule has 0 fully saturated rings. The molecule has 0 spiro atoms. The molecule has 1 amide bonds. The second-order valence-electron chi connectivity index (χ2n) is 5.52. The maximum atomic E-state index is 12.3. The van der Waals surface area contributed by atoms with Gasteiger partial charge < -0.3 is 9.84 Å². The predicted octanol–water partition coefficient (Wildman–Crippen LogP) is 2.71. The minimum atomic E-state index is -0.324. The Hall–Kier alpha value is -2.61. The zero-order valence-electron chi connectivity index (χ0n) is 13.8. The first-order valence-corrected chi connectivity index (χ1v) is 7.71. The molecule has 3 aromatic rings. The highest BCUT2D eigenvalue weighted by Gasteiger charge is 2.16. The van der Waals surface area contributed by atoms with Gasteiger partial charge in [0.25, 0.3) is 5.91 Å². The number of halogens is 1. The Morgan fingerprint density at radius 1 is 1.25 bits per heavy atom. The van der Waals surface area contributed by atoms with Crippen molar-refractivity contribution in [3.8, 4) is 0 Å². The van der Waals surface area contributed by atoms with Crippen molar-refractivity contribution >= 4 is 23.2 Å². The molecule has 0 bridgehead atoms. The van der Waals surface area contributed by atoms with E-state index < -0.39 is 0 Å². The van der Waals surface area contributed by atoms with Gasteiger partial charge in [-0.1, -0.05) is 16.8 Å². The third-order valence-corrected chi connectivity index (χ3v) is 4.26. The molecule has 1 N–H and O–H groups in total. The van der Waals surface area contributed by atoms with Crippen LogP contribution in [-0.4, -0.2) is 30.6 Å². The topological polar surface area (TPSA) is 90.8 Å². The molecule has 0 atom stereocenters. The van der Waals surface area contributed by atoms with Crippen molar-refractivity contribution in [2.75, 3.05) is 5.32 Å². The van der Waals surface area contributed by atoms with Crippen molar-refractivity contribution in [1.29, 1.82) is 0 Å². The van der Waals surface area contributed by atoms with E-state index in [4.69, 9.17) is 16.1 Å². The molecule has 0 radical (unpaired) electrons. The first-order valence-electron chi connectivity index (χ1n) is 7.34. The van der Waals surface area contributed by atoms with Gasteiger partial charge in [-0.25, -0.2) is 4.68 Å². The molecule has 0 unspecified atom stereocenters. The van der Waals surface area contributed by atoms with E-state index in [1.807, 2.05) is 13.8 Å². The van der Waals surface area contributed by atoms with Gasteiger partial charge in [-0.15, -0.1) is 0 Å². The zero-order chi connectivity index (χ0) is 17.4. The Morgan fingerprint density at radius 2 is 2.00 bits per heavy atom. The van der Waals surface area contributed by atoms with Gasteiger partial charge in [0.05, 0.1) is 16.4 Å². The maximum Gasteiger partial charge on any atom is 0.276 e. The molecule has 3 heterocycles. The van der Waals surface area contributed by atoms with E-state index in [9.17, 15) is 4.79 Å². The van der Waals surface area contributed by atoms with E-state index in [-0.39, 0.29) is 5.91 Å². The van der Waals surface area contributed by atoms with E-state index in [1.54, 1.807) is 35.5 Å². The standard InChI is InChI=1S/C15H17ClN6O2/c1-8-13(16)10(3)22(18-8)7-21-6-5-12(19-21)15(23)17-14-9(2)20-24-11(14)4/h5-6H,7H2,1-4H3,(H,17,23). The molecule has 0 aliphatic heterocycles. The minimum Gasteiger partial charge on any atom is -0.359 e. The van der Waals surface area contributed by atoms with Gasteiger partial charge in [-0.05, 0) is 33.8 Å². The van der Waals surface area contributed by atoms with Crippen LogP contribution in [0.1, 0.15) is 33.3 Å². The summed E-state index contributed by atoms with van der Waals surface area (Å²) in [5.41, 5.74) is 3.10. The average molecular weight is 349 g/mol. The molecule has 3 aromatic heterocycles. The van der Waals surface area contributed by atoms with Crippen LogP contribution in [0.4, 0.5) is 5.69 Å². The average Bonchev–Trinajstić information content (AvgIpc) is 3.20. The van der Waals surface area contributed by atoms with Gasteiger partial charge in [0.15, 0.2) is 11.5 Å². The number of carbonyl (C=O) groups is 1. The zero-order valence-corrected chi connectivity index (χ0v) is 14.5. The smallest absolute Gasteiger partial charge is 0.276 e. The molecule has 9 heteroatoms. The Morgan fingerprint density at radius 3 is 2.58 bits per heavy atom. The first kappa shape index (κ1) is 16.3. The third kappa shape index (κ3) is 2.92. The van der Waals surface area contributed by atoms with Crippen molar-refractivity contribution in [3.63, 3.8) is 0 Å². The van der Waals surface area contributed by atoms with Crippen molar-refractivity contribution in [3.05, 3.63) is 45.8 Å². The molecule has 24 heavy (non-hydrogen) atoms. The molecular formula is C15H17ClN6O2. The Bertz CT molecular complexity index is 888. The van der Waals surface area contributed by atoms with Crippen molar-refractivity contribution in [2.45, 2.75) is 34.4 Å². The van der Waals surface area contributed by atoms with E-state index >= 15 is 0 Å². The molecule has 0 aromatic carbocycles. The van der Waals surface area contributed by atoms with Crippen LogP contribution in [0, 0.1) is 27.7 Å². The molecule has 0 aliphatic rings. The fraction of sp³-hybridized carbons (Fsp3) is 0.333. The normalized spacial score (nSPS) is 11.0. The number of hydrogen-bond acceptors (Lipinski definition) is 5. The first-order chi connectivity index (χ1) is 11.4. The molecular weight excluding hydrogens is 332 g/mol. The Kier molecular flexibility index (Phi) is 4.15. The van der Waals surface area contributed by atoms with E-state index in [0.29, 0.717) is 34.5 Å². The van der Waals surface area contributed by atoms with Crippen LogP contribution in [0.2, 0.25) is 5.02 Å². The Labute approximate surface area is 143 Å². The van der Waals surface area contributed by atoms with Crippen molar-refractivity contribution < 1.29 is 9.32 Å². The highest BCUT2D eigenvalue weighted by Crippen LogP contribution is 2.20. The summed E-state index contributed by atoms with van der Waals surface area (Å²) < 4.78 is 8.39. The molecule has 8 nitrogen and oxygen atoms in total. The number of hydrogen-bond donors (Lipinski definition) is 1. The fourth-order valence-corrected chi connectivity index (χ4v) is 2.49. The number of rotatable bonds is 4. The van der Waals surface area contributed by atoms with Crippen LogP contribution in [0.3, 0.4) is 0 Å². The summed E-state index contributed by atoms with van der Waals surface area (Å²) in [5, 5.41) is 15.8. The molecule has 0 saturated carbocycles. The van der Waals surface area contributed by atoms with Crippen LogP contribution in [0.25, 0.3) is 0 Å². The number of amides is 1. The van der Waals surface area contributed by atoms with Gasteiger partial charge >= 0.3 is 0 Å². The minimum absolute atomic E-state index is 0.294. The van der Waals surface area contributed by atoms with Crippen molar-refractivity contribution in [2.24, 2.45) is 0 Å². The summed E-state index contributed by atoms with van der Waals surface area (Å²) in [4.78, 5) is 12.3. The summed E-state index contributed by atoms with van der Waals surface area (Å²) >= 11 is 6.14. The van der Waals surface area contributed by atoms with Gasteiger partial charge in [-0.3, -0.25) is 9.48 Å². The summed E-state index contributed by atoms with van der Waals surface area (Å²) in [6.45, 7) is 7.60. The summed E-state index contributed by atoms with van der Waals surface area (Å²) in [7, 11) is 0. The lowest BCUT2D eigenvalue weighted by atomic mass is 10.3. The number of anilines is 1. The van der Waals surface area contributed by atoms with Crippen LogP contribution >= 0.6 is 11.6 Å². The van der Waals surface area contributed by atoms with Crippen LogP contribution < -0.4 is 5.32 Å². The van der Waals surface area contributed by atoms with Crippen LogP contribution in [-0.2, 0) is 6.67 Å². The fourth-order valence-electron chi connectivity index (χ4n) is 2.35. The number of nitrogens with zero attached hydrogens (tertiary/aromatic N) is 5. The quantitative estimate of drug-likeness (QED) is 0.782. The summed E-state index contributed by atoms with van der Waals surface area (Å²) in [6.07, 6.45) is 1.71.